The van der Waals surface area contributed by atoms with Crippen molar-refractivity contribution >= 4 is 18.5 Å². The number of benzene rings is 2. The van der Waals surface area contributed by atoms with Gasteiger partial charge < -0.3 is 0 Å². The quantitative estimate of drug-likeness (QED) is 0.470. The van der Waals surface area contributed by atoms with E-state index in [4.69, 9.17) is 0 Å². The number of hydrogen-bond donors (Lipinski definition) is 0. The van der Waals surface area contributed by atoms with Crippen LogP contribution in [0.5, 0.6) is 0 Å². The molecular weight excluding hydrogens is 307 g/mol. The van der Waals surface area contributed by atoms with Crippen LogP contribution in [-0.4, -0.2) is 0 Å². The van der Waals surface area contributed by atoms with E-state index in [0.29, 0.717) is 0 Å². The maximum absolute atomic E-state index is 4.06. The first-order valence-corrected chi connectivity index (χ1v) is 9.90. The van der Waals surface area contributed by atoms with Gasteiger partial charge in [-0.25, -0.2) is 0 Å². The van der Waals surface area contributed by atoms with Crippen LogP contribution < -0.4 is 10.6 Å². The van der Waals surface area contributed by atoms with Crippen molar-refractivity contribution in [1.82, 2.24) is 0 Å². The topological polar surface area (TPSA) is 0 Å². The highest BCUT2D eigenvalue weighted by Crippen LogP contribution is 2.40. The molecule has 126 valence electrons. The molecule has 0 aliphatic heterocycles. The van der Waals surface area contributed by atoms with Gasteiger partial charge in [-0.15, -0.1) is 0 Å². The summed E-state index contributed by atoms with van der Waals surface area (Å²) in [6.45, 7) is 19.5. The fourth-order valence-electron chi connectivity index (χ4n) is 3.57. The molecule has 0 nitrogen and oxygen atoms in total. The van der Waals surface area contributed by atoms with Gasteiger partial charge in [0.25, 0.3) is 0 Å². The largest absolute Gasteiger partial charge is 0.0961 e. The molecule has 0 aromatic heterocycles. The smallest absolute Gasteiger partial charge is 0.00977 e. The molecule has 0 saturated heterocycles. The second kappa shape index (κ2) is 7.49. The zero-order valence-electron chi connectivity index (χ0n) is 16.1. The summed E-state index contributed by atoms with van der Waals surface area (Å²) in [5.74, 6) is 2.38. The van der Waals surface area contributed by atoms with Crippen molar-refractivity contribution in [2.45, 2.75) is 48.5 Å². The summed E-state index contributed by atoms with van der Waals surface area (Å²) >= 11 is 0. The van der Waals surface area contributed by atoms with E-state index in [0.717, 1.165) is 5.57 Å². The zero-order chi connectivity index (χ0) is 18.0. The number of rotatable bonds is 4. The lowest BCUT2D eigenvalue weighted by atomic mass is 10.1. The molecule has 0 radical (unpaired) electrons. The minimum absolute atomic E-state index is 0.533. The Bertz CT molecular complexity index is 705. The Kier molecular flexibility index (Phi) is 5.83. The Morgan fingerprint density at radius 2 is 1.08 bits per heavy atom. The molecule has 0 bridgehead atoms. The molecule has 24 heavy (non-hydrogen) atoms. The molecule has 2 aromatic rings. The monoisotopic (exact) mass is 336 g/mol. The normalized spacial score (nSPS) is 11.5. The zero-order valence-corrected chi connectivity index (χ0v) is 17.0. The van der Waals surface area contributed by atoms with Gasteiger partial charge in [0, 0.05) is 0 Å². The van der Waals surface area contributed by atoms with Crippen LogP contribution in [0.1, 0.15) is 40.3 Å². The van der Waals surface area contributed by atoms with E-state index < -0.39 is 7.92 Å². The van der Waals surface area contributed by atoms with Crippen LogP contribution in [0.25, 0.3) is 0 Å². The summed E-state index contributed by atoms with van der Waals surface area (Å²) in [4.78, 5) is 0. The van der Waals surface area contributed by atoms with Gasteiger partial charge in [0.05, 0.1) is 0 Å². The summed E-state index contributed by atoms with van der Waals surface area (Å²) < 4.78 is 0. The van der Waals surface area contributed by atoms with Crippen molar-refractivity contribution in [3.63, 3.8) is 0 Å². The van der Waals surface area contributed by atoms with Gasteiger partial charge in [0.2, 0.25) is 0 Å². The van der Waals surface area contributed by atoms with E-state index in [2.05, 4.69) is 91.2 Å². The van der Waals surface area contributed by atoms with E-state index in [9.17, 15) is 0 Å². The lowest BCUT2D eigenvalue weighted by molar-refractivity contribution is 1.35. The molecule has 2 aromatic carbocycles. The van der Waals surface area contributed by atoms with Crippen molar-refractivity contribution in [3.05, 3.63) is 81.7 Å². The molecule has 0 fully saturated rings. The molecule has 1 heteroatoms. The van der Waals surface area contributed by atoms with Crippen molar-refractivity contribution < 1.29 is 0 Å². The maximum atomic E-state index is 4.06. The Balaban J connectivity index is 2.75. The minimum atomic E-state index is -0.533. The first-order chi connectivity index (χ1) is 11.2. The Morgan fingerprint density at radius 3 is 1.38 bits per heavy atom. The third-order valence-electron chi connectivity index (χ3n) is 4.26. The van der Waals surface area contributed by atoms with Gasteiger partial charge in [-0.3, -0.25) is 0 Å². The molecule has 0 aliphatic carbocycles. The third-order valence-corrected chi connectivity index (χ3v) is 7.08. The van der Waals surface area contributed by atoms with Crippen LogP contribution in [0.4, 0.5) is 0 Å². The fraction of sp³-hybridized carbons (Fsp3) is 0.304. The minimum Gasteiger partial charge on any atom is -0.0961 e. The van der Waals surface area contributed by atoms with Gasteiger partial charge in [0.15, 0.2) is 0 Å². The second-order valence-electron chi connectivity index (χ2n) is 7.03. The highest BCUT2D eigenvalue weighted by Gasteiger charge is 2.20. The average Bonchev–Trinajstić information content (AvgIpc) is 2.41. The molecule has 0 N–H and O–H groups in total. The first kappa shape index (κ1) is 18.7. The maximum Gasteiger partial charge on any atom is -0.00977 e. The predicted octanol–water partition coefficient (Wildman–Crippen LogP) is 6.06. The van der Waals surface area contributed by atoms with Crippen LogP contribution >= 0.6 is 7.92 Å². The number of allylic oxidation sites excluding steroid dienone is 2. The van der Waals surface area contributed by atoms with Gasteiger partial charge in [-0.1, -0.05) is 59.4 Å². The Hall–Kier alpha value is -1.65. The van der Waals surface area contributed by atoms with E-state index in [-0.39, 0.29) is 0 Å². The van der Waals surface area contributed by atoms with E-state index >= 15 is 0 Å². The van der Waals surface area contributed by atoms with E-state index in [1.165, 1.54) is 44.0 Å². The average molecular weight is 336 g/mol. The molecule has 0 unspecified atom stereocenters. The summed E-state index contributed by atoms with van der Waals surface area (Å²) in [7, 11) is -0.533. The van der Waals surface area contributed by atoms with Crippen molar-refractivity contribution in [1.29, 1.82) is 0 Å². The van der Waals surface area contributed by atoms with Crippen LogP contribution in [-0.2, 0) is 0 Å². The summed E-state index contributed by atoms with van der Waals surface area (Å²) in [5.41, 5.74) is 9.35. The van der Waals surface area contributed by atoms with Gasteiger partial charge in [-0.2, -0.15) is 0 Å². The SMILES string of the molecule is C=C(C)/C=C/P(c1c(C)cc(C)cc1C)c1c(C)cc(C)cc1C. The van der Waals surface area contributed by atoms with E-state index in [1.54, 1.807) is 0 Å². The standard InChI is InChI=1S/C23H29P/c1-15(2)9-10-24(22-18(5)11-16(3)12-19(22)6)23-20(7)13-17(4)14-21(23)8/h9-14H,1H2,2-8H3/b10-9+. The molecule has 0 heterocycles. The lowest BCUT2D eigenvalue weighted by Gasteiger charge is -2.24. The summed E-state index contributed by atoms with van der Waals surface area (Å²) in [6.07, 6.45) is 2.18. The predicted molar refractivity (Wildman–Crippen MR) is 111 cm³/mol. The Labute approximate surface area is 149 Å². The Morgan fingerprint density at radius 1 is 0.750 bits per heavy atom. The highest BCUT2D eigenvalue weighted by atomic mass is 31.1. The van der Waals surface area contributed by atoms with Crippen LogP contribution in [0.3, 0.4) is 0 Å². The summed E-state index contributed by atoms with van der Waals surface area (Å²) in [5, 5.41) is 2.98. The number of aryl methyl sites for hydroxylation is 6. The highest BCUT2D eigenvalue weighted by molar-refractivity contribution is 7.76. The van der Waals surface area contributed by atoms with Crippen molar-refractivity contribution in [3.8, 4) is 0 Å². The summed E-state index contributed by atoms with van der Waals surface area (Å²) in [6, 6.07) is 9.24. The molecule has 0 atom stereocenters. The van der Waals surface area contributed by atoms with Crippen molar-refractivity contribution in [2.24, 2.45) is 0 Å². The van der Waals surface area contributed by atoms with Gasteiger partial charge >= 0.3 is 0 Å². The van der Waals surface area contributed by atoms with Crippen LogP contribution in [0.2, 0.25) is 0 Å². The van der Waals surface area contributed by atoms with Gasteiger partial charge in [0.1, 0.15) is 0 Å². The fourth-order valence-corrected chi connectivity index (χ4v) is 6.27. The molecule has 0 aliphatic rings. The first-order valence-electron chi connectivity index (χ1n) is 8.49. The third kappa shape index (κ3) is 4.05. The number of hydrogen-bond acceptors (Lipinski definition) is 0. The molecular formula is C23H29P. The van der Waals surface area contributed by atoms with Gasteiger partial charge in [-0.05, 0) is 89.3 Å². The molecule has 0 saturated carbocycles. The van der Waals surface area contributed by atoms with Crippen LogP contribution in [0.15, 0.2) is 48.3 Å². The van der Waals surface area contributed by atoms with E-state index in [1.807, 2.05) is 0 Å². The molecule has 2 rings (SSSR count). The molecule has 0 amide bonds. The van der Waals surface area contributed by atoms with Crippen LogP contribution in [0, 0.1) is 41.5 Å². The lowest BCUT2D eigenvalue weighted by Crippen LogP contribution is -2.20. The molecule has 0 spiro atoms. The van der Waals surface area contributed by atoms with Crippen molar-refractivity contribution in [2.75, 3.05) is 0 Å². The second-order valence-corrected chi connectivity index (χ2v) is 8.96.